The van der Waals surface area contributed by atoms with Crippen molar-refractivity contribution in [2.45, 2.75) is 78.6 Å². The van der Waals surface area contributed by atoms with E-state index in [2.05, 4.69) is 119 Å². The lowest BCUT2D eigenvalue weighted by Gasteiger charge is -2.31. The van der Waals surface area contributed by atoms with Gasteiger partial charge in [-0.05, 0) is 97.6 Å². The van der Waals surface area contributed by atoms with Gasteiger partial charge < -0.3 is 81.0 Å². The predicted octanol–water partition coefficient (Wildman–Crippen LogP) is -1.15. The topological polar surface area (TPSA) is 241 Å². The molecule has 0 saturated heterocycles. The normalized spacial score (nSPS) is 13.4. The number of hydrogen-bond donors (Lipinski definition) is 14. The van der Waals surface area contributed by atoms with Gasteiger partial charge in [0.05, 0.1) is 0 Å². The highest BCUT2D eigenvalue weighted by Crippen LogP contribution is 2.31. The highest BCUT2D eigenvalue weighted by Gasteiger charge is 2.23. The van der Waals surface area contributed by atoms with Gasteiger partial charge in [-0.2, -0.15) is 0 Å². The molecule has 2 unspecified atom stereocenters. The molecule has 2 atom stereocenters. The van der Waals surface area contributed by atoms with Gasteiger partial charge in [-0.3, -0.25) is 19.6 Å². The van der Waals surface area contributed by atoms with E-state index in [4.69, 9.17) is 22.9 Å². The molecule has 0 aromatic rings. The Balaban J connectivity index is 5.26. The third-order valence-corrected chi connectivity index (χ3v) is 14.2. The van der Waals surface area contributed by atoms with Crippen LogP contribution in [0.15, 0.2) is 12.2 Å². The standard InChI is InChI=1S/C55H129N19/c1-8-9-10-15-55(4,51-53(2)3)52-69-27-41-70(7)40-26-65-32-46-74(49-34-67-31-44-72(39-19-59)43-29-64-25-24-61-6)50-36-68-35-48-73(47-33-66-30-42-71(37-17-57)38-18-58)45-28-62-20-11-12-54(13-21-60-5)14-22-63-23-16-56/h54,60-69H,2,8-52,56-59H2,1,3-7H3. The molecule has 0 radical (unpaired) electrons. The van der Waals surface area contributed by atoms with Crippen LogP contribution in [0.1, 0.15) is 78.6 Å². The molecule has 0 amide bonds. The molecule has 0 fully saturated rings. The van der Waals surface area contributed by atoms with Crippen LogP contribution in [-0.4, -0.2) is 281 Å². The lowest BCUT2D eigenvalue weighted by molar-refractivity contribution is 0.246. The van der Waals surface area contributed by atoms with Gasteiger partial charge in [0, 0.05) is 216 Å². The molecular formula is C55H129N19. The summed E-state index contributed by atoms with van der Waals surface area (Å²) in [7, 11) is 6.30. The van der Waals surface area contributed by atoms with Crippen molar-refractivity contribution in [3.63, 3.8) is 0 Å². The molecule has 0 spiro atoms. The van der Waals surface area contributed by atoms with Gasteiger partial charge in [0.2, 0.25) is 0 Å². The number of allylic oxidation sites excluding steroid dienone is 1. The molecule has 19 heteroatoms. The number of hydrogen-bond acceptors (Lipinski definition) is 19. The molecule has 0 rings (SSSR count). The first-order valence-electron chi connectivity index (χ1n) is 30.1. The van der Waals surface area contributed by atoms with Crippen LogP contribution < -0.4 is 76.1 Å². The third kappa shape index (κ3) is 48.1. The fourth-order valence-electron chi connectivity index (χ4n) is 9.63. The first-order chi connectivity index (χ1) is 36.1. The Hall–Kier alpha value is -1.02. The summed E-state index contributed by atoms with van der Waals surface area (Å²) in [5.41, 5.74) is 25.0. The predicted molar refractivity (Wildman–Crippen MR) is 324 cm³/mol. The van der Waals surface area contributed by atoms with Crippen LogP contribution in [0.2, 0.25) is 0 Å². The van der Waals surface area contributed by atoms with E-state index in [0.29, 0.717) is 31.6 Å². The molecule has 444 valence electrons. The van der Waals surface area contributed by atoms with E-state index >= 15 is 0 Å². The molecule has 0 saturated carbocycles. The maximum Gasteiger partial charge on any atom is 0.0108 e. The summed E-state index contributed by atoms with van der Waals surface area (Å²) in [5.74, 6) is 0.741. The zero-order valence-corrected chi connectivity index (χ0v) is 49.6. The summed E-state index contributed by atoms with van der Waals surface area (Å²) >= 11 is 0. The number of rotatable bonds is 62. The van der Waals surface area contributed by atoms with E-state index in [1.807, 2.05) is 7.05 Å². The fraction of sp³-hybridized carbons (Fsp3) is 0.964. The second kappa shape index (κ2) is 55.3. The van der Waals surface area contributed by atoms with Crippen LogP contribution in [0.3, 0.4) is 0 Å². The van der Waals surface area contributed by atoms with Crippen LogP contribution >= 0.6 is 0 Å². The summed E-state index contributed by atoms with van der Waals surface area (Å²) in [6.45, 7) is 45.8. The van der Waals surface area contributed by atoms with Gasteiger partial charge in [-0.25, -0.2) is 0 Å². The van der Waals surface area contributed by atoms with Crippen molar-refractivity contribution in [3.8, 4) is 0 Å². The minimum atomic E-state index is 0.292. The number of nitrogens with two attached hydrogens (primary N) is 4. The zero-order chi connectivity index (χ0) is 54.4. The Kier molecular flexibility index (Phi) is 54.5. The van der Waals surface area contributed by atoms with Crippen molar-refractivity contribution in [2.75, 3.05) is 257 Å². The molecule has 18 N–H and O–H groups in total. The Morgan fingerprint density at radius 3 is 1.26 bits per heavy atom. The Labute approximate surface area is 457 Å². The lowest BCUT2D eigenvalue weighted by atomic mass is 9.79. The third-order valence-electron chi connectivity index (χ3n) is 14.2. The minimum absolute atomic E-state index is 0.292. The van der Waals surface area contributed by atoms with Crippen molar-refractivity contribution >= 4 is 0 Å². The summed E-state index contributed by atoms with van der Waals surface area (Å²) in [6, 6.07) is 0. The van der Waals surface area contributed by atoms with E-state index < -0.39 is 0 Å². The molecule has 0 heterocycles. The van der Waals surface area contributed by atoms with E-state index in [-0.39, 0.29) is 0 Å². The Morgan fingerprint density at radius 2 is 0.824 bits per heavy atom. The number of likely N-dealkylation sites (N-methyl/N-ethyl adjacent to an activating group) is 2. The Bertz CT molecular complexity index is 1140. The summed E-state index contributed by atoms with van der Waals surface area (Å²) in [4.78, 5) is 12.5. The van der Waals surface area contributed by atoms with Crippen molar-refractivity contribution in [2.24, 2.45) is 34.3 Å². The first-order valence-corrected chi connectivity index (χ1v) is 30.1. The largest absolute Gasteiger partial charge is 0.329 e. The maximum absolute atomic E-state index is 5.98. The van der Waals surface area contributed by atoms with Crippen LogP contribution in [0.5, 0.6) is 0 Å². The maximum atomic E-state index is 5.98. The van der Waals surface area contributed by atoms with E-state index in [1.165, 1.54) is 56.9 Å². The summed E-state index contributed by atoms with van der Waals surface area (Å²) < 4.78 is 0. The highest BCUT2D eigenvalue weighted by molar-refractivity contribution is 4.96. The average Bonchev–Trinajstić information content (AvgIpc) is 3.37. The quantitative estimate of drug-likeness (QED) is 0.0254. The first kappa shape index (κ1) is 73.0. The lowest BCUT2D eigenvalue weighted by Crippen LogP contribution is -2.45. The molecule has 0 aliphatic carbocycles. The van der Waals surface area contributed by atoms with Crippen molar-refractivity contribution < 1.29 is 0 Å². The highest BCUT2D eigenvalue weighted by atomic mass is 15.2. The molecule has 0 aliphatic heterocycles. The second-order valence-corrected chi connectivity index (χ2v) is 21.4. The van der Waals surface area contributed by atoms with E-state index in [1.54, 1.807) is 0 Å². The van der Waals surface area contributed by atoms with Crippen molar-refractivity contribution in [1.29, 1.82) is 0 Å². The molecule has 0 aliphatic rings. The molecule has 74 heavy (non-hydrogen) atoms. The summed E-state index contributed by atoms with van der Waals surface area (Å²) in [6.07, 6.45) is 11.2. The fourth-order valence-corrected chi connectivity index (χ4v) is 9.63. The van der Waals surface area contributed by atoms with E-state index in [0.717, 1.165) is 222 Å². The zero-order valence-electron chi connectivity index (χ0n) is 49.6. The molecule has 0 aromatic heterocycles. The number of nitrogens with one attached hydrogen (secondary N) is 10. The van der Waals surface area contributed by atoms with Gasteiger partial charge >= 0.3 is 0 Å². The smallest absolute Gasteiger partial charge is 0.0108 e. The van der Waals surface area contributed by atoms with Crippen LogP contribution in [-0.2, 0) is 0 Å². The van der Waals surface area contributed by atoms with Crippen LogP contribution in [0.4, 0.5) is 0 Å². The average molecular weight is 1060 g/mol. The van der Waals surface area contributed by atoms with Gasteiger partial charge in [-0.15, -0.1) is 6.58 Å². The van der Waals surface area contributed by atoms with Crippen molar-refractivity contribution in [3.05, 3.63) is 12.2 Å². The van der Waals surface area contributed by atoms with Crippen molar-refractivity contribution in [1.82, 2.24) is 77.7 Å². The Morgan fingerprint density at radius 1 is 0.432 bits per heavy atom. The molecule has 0 aromatic carbocycles. The monoisotopic (exact) mass is 1060 g/mol. The molecule has 19 nitrogen and oxygen atoms in total. The SMILES string of the molecule is C=C(C)CC(C)(CCCCC)CNCCN(C)CCNCCN(CCNCCN(CCN)CCNCCNC)CCNCCN(CCNCCCC(CCNC)CCNCCN)CCNCCN(CCN)CCN. The molecule has 0 bridgehead atoms. The number of nitrogens with zero attached hydrogens (tertiary/aromatic N) is 5. The van der Waals surface area contributed by atoms with Gasteiger partial charge in [-0.1, -0.05) is 38.7 Å². The van der Waals surface area contributed by atoms with Crippen LogP contribution in [0, 0.1) is 11.3 Å². The summed E-state index contributed by atoms with van der Waals surface area (Å²) in [5, 5.41) is 36.2. The second-order valence-electron chi connectivity index (χ2n) is 21.4. The number of unbranched alkanes of at least 4 members (excludes halogenated alkanes) is 2. The molecular weight excluding hydrogens is 927 g/mol. The minimum Gasteiger partial charge on any atom is -0.329 e. The van der Waals surface area contributed by atoms with Crippen LogP contribution in [0.25, 0.3) is 0 Å². The van der Waals surface area contributed by atoms with Gasteiger partial charge in [0.1, 0.15) is 0 Å². The van der Waals surface area contributed by atoms with E-state index in [9.17, 15) is 0 Å². The van der Waals surface area contributed by atoms with Gasteiger partial charge in [0.15, 0.2) is 0 Å². The van der Waals surface area contributed by atoms with Gasteiger partial charge in [0.25, 0.3) is 0 Å².